The van der Waals surface area contributed by atoms with E-state index in [1.54, 1.807) is 33.5 Å². The van der Waals surface area contributed by atoms with Gasteiger partial charge in [0.05, 0.1) is 24.8 Å². The summed E-state index contributed by atoms with van der Waals surface area (Å²) in [4.78, 5) is 27.6. The Morgan fingerprint density at radius 1 is 1.30 bits per heavy atom. The Kier molecular flexibility index (Phi) is 6.87. The van der Waals surface area contributed by atoms with Crippen molar-refractivity contribution in [2.75, 3.05) is 45.9 Å². The van der Waals surface area contributed by atoms with Crippen LogP contribution < -0.4 is 19.7 Å². The van der Waals surface area contributed by atoms with E-state index < -0.39 is 0 Å². The van der Waals surface area contributed by atoms with Gasteiger partial charge in [-0.05, 0) is 25.8 Å². The van der Waals surface area contributed by atoms with Gasteiger partial charge in [-0.15, -0.1) is 0 Å². The number of piperidine rings is 1. The van der Waals surface area contributed by atoms with Crippen LogP contribution in [0, 0.1) is 0 Å². The summed E-state index contributed by atoms with van der Waals surface area (Å²) in [7, 11) is 4.83. The van der Waals surface area contributed by atoms with Gasteiger partial charge in [-0.2, -0.15) is 15.1 Å². The Morgan fingerprint density at radius 2 is 2.09 bits per heavy atom. The molecule has 0 radical (unpaired) electrons. The third-order valence-electron chi connectivity index (χ3n) is 5.75. The van der Waals surface area contributed by atoms with Crippen LogP contribution in [0.25, 0.3) is 11.0 Å². The number of H-pyrrole nitrogens is 1. The van der Waals surface area contributed by atoms with Gasteiger partial charge in [0.1, 0.15) is 23.4 Å². The minimum absolute atomic E-state index is 0.160. The van der Waals surface area contributed by atoms with Crippen LogP contribution in [0.4, 0.5) is 5.82 Å². The summed E-state index contributed by atoms with van der Waals surface area (Å²) in [5, 5.41) is 11.1. The molecule has 4 rings (SSSR count). The van der Waals surface area contributed by atoms with Gasteiger partial charge in [0.15, 0.2) is 5.65 Å². The summed E-state index contributed by atoms with van der Waals surface area (Å²) < 4.78 is 16.4. The maximum absolute atomic E-state index is 12.3. The standard InChI is InChI=1S/C22H29N7O4/c1-13(12-31-3)33-22-25-15(21(30)23-2)11-17(26-22)29-9-6-14(7-10-29)19-18-16(32-4)5-8-24-20(18)28-27-19/h5,8,11,13-14H,6-7,9-10,12H2,1-4H3,(H,23,30)(H,24,27,28)/t13-/m1/s1. The Balaban J connectivity index is 1.54. The molecule has 0 bridgehead atoms. The van der Waals surface area contributed by atoms with Crippen molar-refractivity contribution in [2.24, 2.45) is 0 Å². The van der Waals surface area contributed by atoms with Crippen molar-refractivity contribution in [3.8, 4) is 11.8 Å². The number of hydrogen-bond acceptors (Lipinski definition) is 9. The number of pyridine rings is 1. The lowest BCUT2D eigenvalue weighted by Gasteiger charge is -2.32. The van der Waals surface area contributed by atoms with E-state index in [1.165, 1.54) is 0 Å². The second-order valence-electron chi connectivity index (χ2n) is 7.97. The fourth-order valence-corrected chi connectivity index (χ4v) is 4.12. The van der Waals surface area contributed by atoms with Crippen molar-refractivity contribution in [2.45, 2.75) is 31.8 Å². The van der Waals surface area contributed by atoms with Crippen LogP contribution in [0.5, 0.6) is 11.8 Å². The molecule has 4 heterocycles. The lowest BCUT2D eigenvalue weighted by Crippen LogP contribution is -2.34. The lowest BCUT2D eigenvalue weighted by molar-refractivity contribution is 0.0844. The summed E-state index contributed by atoms with van der Waals surface area (Å²) in [5.74, 6) is 1.42. The normalized spacial score (nSPS) is 15.5. The van der Waals surface area contributed by atoms with Crippen molar-refractivity contribution in [1.29, 1.82) is 0 Å². The molecule has 33 heavy (non-hydrogen) atoms. The quantitative estimate of drug-likeness (QED) is 0.523. The average molecular weight is 456 g/mol. The summed E-state index contributed by atoms with van der Waals surface area (Å²) in [6, 6.07) is 3.71. The van der Waals surface area contributed by atoms with Crippen LogP contribution in [-0.4, -0.2) is 78.1 Å². The van der Waals surface area contributed by atoms with Crippen LogP contribution in [0.3, 0.4) is 0 Å². The molecule has 2 N–H and O–H groups in total. The largest absolute Gasteiger partial charge is 0.496 e. The van der Waals surface area contributed by atoms with Crippen LogP contribution in [0.1, 0.15) is 41.9 Å². The molecule has 3 aromatic rings. The number of ether oxygens (including phenoxy) is 3. The van der Waals surface area contributed by atoms with Gasteiger partial charge in [-0.25, -0.2) is 4.98 Å². The maximum Gasteiger partial charge on any atom is 0.319 e. The van der Waals surface area contributed by atoms with Crippen molar-refractivity contribution < 1.29 is 19.0 Å². The summed E-state index contributed by atoms with van der Waals surface area (Å²) in [6.07, 6.45) is 3.21. The zero-order valence-electron chi connectivity index (χ0n) is 19.3. The molecule has 1 fully saturated rings. The number of aromatic amines is 1. The number of nitrogens with zero attached hydrogens (tertiary/aromatic N) is 5. The molecule has 3 aromatic heterocycles. The van der Waals surface area contributed by atoms with Gasteiger partial charge >= 0.3 is 6.01 Å². The highest BCUT2D eigenvalue weighted by Crippen LogP contribution is 2.36. The fraction of sp³-hybridized carbons (Fsp3) is 0.500. The number of rotatable bonds is 8. The molecule has 11 nitrogen and oxygen atoms in total. The second-order valence-corrected chi connectivity index (χ2v) is 7.97. The number of carbonyl (C=O) groups excluding carboxylic acids is 1. The number of fused-ring (bicyclic) bond motifs is 1. The Labute approximate surface area is 191 Å². The van der Waals surface area contributed by atoms with Gasteiger partial charge in [0.25, 0.3) is 5.91 Å². The summed E-state index contributed by atoms with van der Waals surface area (Å²) in [6.45, 7) is 3.77. The van der Waals surface area contributed by atoms with Crippen LogP contribution >= 0.6 is 0 Å². The van der Waals surface area contributed by atoms with Crippen molar-refractivity contribution in [3.63, 3.8) is 0 Å². The number of aromatic nitrogens is 5. The predicted molar refractivity (Wildman–Crippen MR) is 122 cm³/mol. The van der Waals surface area contributed by atoms with Gasteiger partial charge in [0.2, 0.25) is 0 Å². The van der Waals surface area contributed by atoms with E-state index >= 15 is 0 Å². The topological polar surface area (TPSA) is 127 Å². The Morgan fingerprint density at radius 3 is 2.79 bits per heavy atom. The van der Waals surface area contributed by atoms with E-state index in [0.29, 0.717) is 18.1 Å². The van der Waals surface area contributed by atoms with Gasteiger partial charge in [-0.1, -0.05) is 0 Å². The molecule has 0 aliphatic carbocycles. The molecule has 11 heteroatoms. The Hall–Kier alpha value is -3.47. The molecule has 0 spiro atoms. The van der Waals surface area contributed by atoms with Crippen molar-refractivity contribution >= 4 is 22.8 Å². The van der Waals surface area contributed by atoms with E-state index in [0.717, 1.165) is 42.8 Å². The van der Waals surface area contributed by atoms with E-state index in [-0.39, 0.29) is 29.6 Å². The number of nitrogens with one attached hydrogen (secondary N) is 2. The average Bonchev–Trinajstić information content (AvgIpc) is 3.28. The number of amides is 1. The van der Waals surface area contributed by atoms with Gasteiger partial charge < -0.3 is 24.4 Å². The maximum atomic E-state index is 12.3. The highest BCUT2D eigenvalue weighted by Gasteiger charge is 2.27. The minimum atomic E-state index is -0.290. The number of carbonyl (C=O) groups is 1. The third-order valence-corrected chi connectivity index (χ3v) is 5.75. The van der Waals surface area contributed by atoms with Gasteiger partial charge in [0, 0.05) is 45.4 Å². The highest BCUT2D eigenvalue weighted by molar-refractivity contribution is 5.92. The first-order valence-corrected chi connectivity index (χ1v) is 10.9. The van der Waals surface area contributed by atoms with Crippen molar-refractivity contribution in [1.82, 2.24) is 30.5 Å². The summed E-state index contributed by atoms with van der Waals surface area (Å²) in [5.41, 5.74) is 1.96. The van der Waals surface area contributed by atoms with Crippen LogP contribution in [0.2, 0.25) is 0 Å². The van der Waals surface area contributed by atoms with E-state index in [4.69, 9.17) is 14.2 Å². The summed E-state index contributed by atoms with van der Waals surface area (Å²) >= 11 is 0. The van der Waals surface area contributed by atoms with Crippen molar-refractivity contribution in [3.05, 3.63) is 29.7 Å². The van der Waals surface area contributed by atoms with E-state index in [9.17, 15) is 4.79 Å². The molecule has 0 unspecified atom stereocenters. The van der Waals surface area contributed by atoms with E-state index in [2.05, 4.69) is 35.4 Å². The zero-order valence-corrected chi connectivity index (χ0v) is 19.3. The third kappa shape index (κ3) is 4.82. The molecule has 1 aliphatic rings. The molecular formula is C22H29N7O4. The first-order valence-electron chi connectivity index (χ1n) is 10.9. The zero-order chi connectivity index (χ0) is 23.4. The number of methoxy groups -OCH3 is 2. The first-order chi connectivity index (χ1) is 16.0. The SMILES string of the molecule is CNC(=O)c1cc(N2CCC(c3[nH]nc4nccc(OC)c34)CC2)nc(O[C@H](C)COC)n1. The second kappa shape index (κ2) is 9.99. The smallest absolute Gasteiger partial charge is 0.319 e. The van der Waals surface area contributed by atoms with Crippen LogP contribution in [0.15, 0.2) is 18.3 Å². The Bertz CT molecular complexity index is 1110. The van der Waals surface area contributed by atoms with Crippen LogP contribution in [-0.2, 0) is 4.74 Å². The minimum Gasteiger partial charge on any atom is -0.496 e. The molecule has 1 saturated heterocycles. The fourth-order valence-electron chi connectivity index (χ4n) is 4.12. The van der Waals surface area contributed by atoms with E-state index in [1.807, 2.05) is 13.0 Å². The molecule has 1 amide bonds. The molecule has 0 saturated carbocycles. The van der Waals surface area contributed by atoms with Gasteiger partial charge in [-0.3, -0.25) is 9.89 Å². The first kappa shape index (κ1) is 22.7. The lowest BCUT2D eigenvalue weighted by atomic mass is 9.92. The highest BCUT2D eigenvalue weighted by atomic mass is 16.5. The molecule has 1 atom stereocenters. The molecular weight excluding hydrogens is 426 g/mol. The number of anilines is 1. The molecule has 176 valence electrons. The number of hydrogen-bond donors (Lipinski definition) is 2. The molecule has 1 aliphatic heterocycles. The monoisotopic (exact) mass is 455 g/mol. The predicted octanol–water partition coefficient (Wildman–Crippen LogP) is 1.91. The molecule has 0 aromatic carbocycles.